The second-order valence-corrected chi connectivity index (χ2v) is 8.78. The summed E-state index contributed by atoms with van der Waals surface area (Å²) in [5.41, 5.74) is 5.43. The normalized spacial score (nSPS) is 16.1. The monoisotopic (exact) mass is 446 g/mol. The van der Waals surface area contributed by atoms with Crippen molar-refractivity contribution in [1.29, 1.82) is 0 Å². The van der Waals surface area contributed by atoms with E-state index in [9.17, 15) is 9.59 Å². The van der Waals surface area contributed by atoms with Crippen molar-refractivity contribution in [1.82, 2.24) is 9.97 Å². The maximum absolute atomic E-state index is 13.1. The SMILES string of the molecule is CC1C=CC=C(C(=O)c2ccc(C(c3ccccc3)c3ccc(C(=O)c4ccccc4)[nH]3)[nH]2)C1. The van der Waals surface area contributed by atoms with Crippen molar-refractivity contribution in [3.05, 3.63) is 143 Å². The number of hydrogen-bond donors (Lipinski definition) is 2. The third-order valence-electron chi connectivity index (χ3n) is 6.27. The molecule has 2 heterocycles. The van der Waals surface area contributed by atoms with Gasteiger partial charge in [0.1, 0.15) is 0 Å². The summed E-state index contributed by atoms with van der Waals surface area (Å²) in [4.78, 5) is 32.8. The maximum atomic E-state index is 13.1. The van der Waals surface area contributed by atoms with E-state index in [1.807, 2.05) is 84.9 Å². The molecule has 0 amide bonds. The van der Waals surface area contributed by atoms with Crippen molar-refractivity contribution in [3.8, 4) is 0 Å². The molecule has 2 unspecified atom stereocenters. The lowest BCUT2D eigenvalue weighted by Crippen LogP contribution is -2.10. The van der Waals surface area contributed by atoms with Gasteiger partial charge in [0.15, 0.2) is 0 Å². The van der Waals surface area contributed by atoms with E-state index in [1.54, 1.807) is 0 Å². The highest BCUT2D eigenvalue weighted by molar-refractivity contribution is 6.08. The van der Waals surface area contributed by atoms with Crippen LogP contribution in [0.4, 0.5) is 0 Å². The van der Waals surface area contributed by atoms with Gasteiger partial charge in [0.2, 0.25) is 11.6 Å². The summed E-state index contributed by atoms with van der Waals surface area (Å²) < 4.78 is 0. The summed E-state index contributed by atoms with van der Waals surface area (Å²) in [6, 6.07) is 26.9. The molecule has 0 bridgehead atoms. The van der Waals surface area contributed by atoms with Crippen molar-refractivity contribution in [2.75, 3.05) is 0 Å². The summed E-state index contributed by atoms with van der Waals surface area (Å²) >= 11 is 0. The van der Waals surface area contributed by atoms with Crippen molar-refractivity contribution < 1.29 is 9.59 Å². The summed E-state index contributed by atoms with van der Waals surface area (Å²) in [7, 11) is 0. The molecule has 5 rings (SSSR count). The molecule has 4 aromatic rings. The van der Waals surface area contributed by atoms with Crippen LogP contribution in [-0.4, -0.2) is 21.5 Å². The highest BCUT2D eigenvalue weighted by Gasteiger charge is 2.24. The molecule has 0 radical (unpaired) electrons. The summed E-state index contributed by atoms with van der Waals surface area (Å²) in [6.45, 7) is 2.11. The third kappa shape index (κ3) is 4.35. The van der Waals surface area contributed by atoms with Gasteiger partial charge in [-0.3, -0.25) is 9.59 Å². The number of carbonyl (C=O) groups excluding carboxylic acids is 2. The standard InChI is InChI=1S/C30H26N2O2/c1-20-9-8-14-23(19-20)30(34)27-18-16-25(32-27)28(21-10-4-2-5-11-21)24-15-17-26(31-24)29(33)22-12-6-3-7-13-22/h2-18,20,28,31-32H,19H2,1H3. The van der Waals surface area contributed by atoms with E-state index in [2.05, 4.69) is 35.1 Å². The smallest absolute Gasteiger partial charge is 0.209 e. The molecule has 0 spiro atoms. The molecule has 0 fully saturated rings. The number of H-pyrrole nitrogens is 2. The minimum absolute atomic E-state index is 0.0284. The third-order valence-corrected chi connectivity index (χ3v) is 6.27. The number of ketones is 2. The summed E-state index contributed by atoms with van der Waals surface area (Å²) in [5, 5.41) is 0. The average molecular weight is 447 g/mol. The Bertz CT molecular complexity index is 1370. The van der Waals surface area contributed by atoms with E-state index < -0.39 is 0 Å². The molecule has 2 N–H and O–H groups in total. The minimum atomic E-state index is -0.167. The van der Waals surface area contributed by atoms with Gasteiger partial charge < -0.3 is 9.97 Å². The highest BCUT2D eigenvalue weighted by Crippen LogP contribution is 2.32. The zero-order valence-electron chi connectivity index (χ0n) is 19.0. The maximum Gasteiger partial charge on any atom is 0.209 e. The molecule has 1 aliphatic carbocycles. The van der Waals surface area contributed by atoms with Crippen LogP contribution in [0.3, 0.4) is 0 Å². The zero-order valence-corrected chi connectivity index (χ0v) is 19.0. The molecule has 2 aromatic carbocycles. The lowest BCUT2D eigenvalue weighted by Gasteiger charge is -2.16. The second-order valence-electron chi connectivity index (χ2n) is 8.78. The topological polar surface area (TPSA) is 65.7 Å². The number of nitrogens with one attached hydrogen (secondary N) is 2. The van der Waals surface area contributed by atoms with E-state index in [0.29, 0.717) is 22.9 Å². The van der Waals surface area contributed by atoms with Gasteiger partial charge in [-0.25, -0.2) is 0 Å². The predicted octanol–water partition coefficient (Wildman–Crippen LogP) is 6.46. The molecule has 4 heteroatoms. The van der Waals surface area contributed by atoms with Crippen LogP contribution in [0.15, 0.2) is 109 Å². The number of allylic oxidation sites excluding steroid dienone is 4. The van der Waals surface area contributed by atoms with Gasteiger partial charge >= 0.3 is 0 Å². The fourth-order valence-electron chi connectivity index (χ4n) is 4.53. The first kappa shape index (κ1) is 21.7. The number of benzene rings is 2. The van der Waals surface area contributed by atoms with Gasteiger partial charge in [-0.15, -0.1) is 0 Å². The van der Waals surface area contributed by atoms with Crippen molar-refractivity contribution >= 4 is 11.6 Å². The molecule has 0 saturated heterocycles. The van der Waals surface area contributed by atoms with Gasteiger partial charge in [0, 0.05) is 22.5 Å². The van der Waals surface area contributed by atoms with Crippen LogP contribution >= 0.6 is 0 Å². The number of Topliss-reactive ketones (excluding diaryl/α,β-unsaturated/α-hetero) is 1. The summed E-state index contributed by atoms with van der Waals surface area (Å²) in [5.74, 6) is 0.169. The fraction of sp³-hybridized carbons (Fsp3) is 0.133. The van der Waals surface area contributed by atoms with Gasteiger partial charge in [-0.2, -0.15) is 0 Å². The Labute approximate surface area is 199 Å². The first-order valence-corrected chi connectivity index (χ1v) is 11.5. The molecular weight excluding hydrogens is 420 g/mol. The average Bonchev–Trinajstić information content (AvgIpc) is 3.56. The second kappa shape index (κ2) is 9.36. The Balaban J connectivity index is 1.49. The fourth-order valence-corrected chi connectivity index (χ4v) is 4.53. The van der Waals surface area contributed by atoms with Crippen LogP contribution in [0.1, 0.15) is 62.8 Å². The van der Waals surface area contributed by atoms with Crippen LogP contribution in [0, 0.1) is 5.92 Å². The lowest BCUT2D eigenvalue weighted by molar-refractivity contribution is 0.102. The summed E-state index contributed by atoms with van der Waals surface area (Å²) in [6.07, 6.45) is 6.72. The molecule has 4 nitrogen and oxygen atoms in total. The Morgan fingerprint density at radius 1 is 0.765 bits per heavy atom. The van der Waals surface area contributed by atoms with Gasteiger partial charge in [0.05, 0.1) is 17.3 Å². The minimum Gasteiger partial charge on any atom is -0.355 e. The number of hydrogen-bond acceptors (Lipinski definition) is 2. The first-order chi connectivity index (χ1) is 16.6. The largest absolute Gasteiger partial charge is 0.355 e. The van der Waals surface area contributed by atoms with Crippen LogP contribution in [-0.2, 0) is 0 Å². The molecule has 1 aliphatic rings. The Morgan fingerprint density at radius 2 is 1.35 bits per heavy atom. The quantitative estimate of drug-likeness (QED) is 0.320. The molecular formula is C30H26N2O2. The Hall–Kier alpha value is -4.18. The van der Waals surface area contributed by atoms with E-state index in [0.717, 1.165) is 28.9 Å². The van der Waals surface area contributed by atoms with E-state index in [4.69, 9.17) is 0 Å². The molecule has 0 saturated carbocycles. The van der Waals surface area contributed by atoms with Gasteiger partial charge in [-0.05, 0) is 42.2 Å². The first-order valence-electron chi connectivity index (χ1n) is 11.5. The van der Waals surface area contributed by atoms with Crippen LogP contribution in [0.2, 0.25) is 0 Å². The number of aromatic nitrogens is 2. The molecule has 2 aromatic heterocycles. The lowest BCUT2D eigenvalue weighted by atomic mass is 9.92. The van der Waals surface area contributed by atoms with E-state index in [1.165, 1.54) is 0 Å². The molecule has 168 valence electrons. The van der Waals surface area contributed by atoms with E-state index >= 15 is 0 Å². The van der Waals surface area contributed by atoms with Crippen molar-refractivity contribution in [2.24, 2.45) is 5.92 Å². The number of aromatic amines is 2. The van der Waals surface area contributed by atoms with Gasteiger partial charge in [0.25, 0.3) is 0 Å². The van der Waals surface area contributed by atoms with Crippen LogP contribution in [0.25, 0.3) is 0 Å². The zero-order chi connectivity index (χ0) is 23.5. The molecule has 2 atom stereocenters. The molecule has 34 heavy (non-hydrogen) atoms. The number of carbonyl (C=O) groups is 2. The number of rotatable bonds is 7. The van der Waals surface area contributed by atoms with Gasteiger partial charge in [-0.1, -0.05) is 85.8 Å². The van der Waals surface area contributed by atoms with Crippen molar-refractivity contribution in [2.45, 2.75) is 19.3 Å². The van der Waals surface area contributed by atoms with Crippen LogP contribution < -0.4 is 0 Å². The Morgan fingerprint density at radius 3 is 1.97 bits per heavy atom. The predicted molar refractivity (Wildman–Crippen MR) is 134 cm³/mol. The Kier molecular flexibility index (Phi) is 5.96. The van der Waals surface area contributed by atoms with E-state index in [-0.39, 0.29) is 17.5 Å². The van der Waals surface area contributed by atoms with Crippen molar-refractivity contribution in [3.63, 3.8) is 0 Å². The van der Waals surface area contributed by atoms with Crippen LogP contribution in [0.5, 0.6) is 0 Å². The highest BCUT2D eigenvalue weighted by atomic mass is 16.1. The molecule has 0 aliphatic heterocycles.